The molecule has 1 rings (SSSR count). The predicted octanol–water partition coefficient (Wildman–Crippen LogP) is 1.07. The van der Waals surface area contributed by atoms with Crippen molar-refractivity contribution in [2.45, 2.75) is 4.90 Å². The smallest absolute Gasteiger partial charge is 0.265 e. The first-order valence-electron chi connectivity index (χ1n) is 3.32. The maximum atomic E-state index is 10.6. The Hall–Kier alpha value is -1.56. The van der Waals surface area contributed by atoms with Gasteiger partial charge in [-0.3, -0.25) is 14.9 Å². The number of carbonyl (C=O) groups excluding carboxylic acids is 1. The fraction of sp³-hybridized carbons (Fsp3) is 0. The zero-order valence-electron chi connectivity index (χ0n) is 6.47. The van der Waals surface area contributed by atoms with Crippen LogP contribution in [0.2, 0.25) is 0 Å². The first-order chi connectivity index (χ1) is 6.09. The van der Waals surface area contributed by atoms with Crippen molar-refractivity contribution in [1.82, 2.24) is 0 Å². The number of carbonyl (C=O) groups is 1. The summed E-state index contributed by atoms with van der Waals surface area (Å²) in [5, 5.41) is 10.1. The highest BCUT2D eigenvalue weighted by Gasteiger charge is 2.05. The fourth-order valence-corrected chi connectivity index (χ4v) is 1.20. The Bertz CT molecular complexity index is 336. The van der Waals surface area contributed by atoms with Crippen LogP contribution in [0.15, 0.2) is 29.2 Å². The van der Waals surface area contributed by atoms with E-state index in [0.29, 0.717) is 22.4 Å². The number of nitrogens with zero attached hydrogens (tertiary/aromatic N) is 1. The number of benzene rings is 1. The second-order valence-electron chi connectivity index (χ2n) is 2.20. The summed E-state index contributed by atoms with van der Waals surface area (Å²) < 4.78 is -0.515. The van der Waals surface area contributed by atoms with Crippen LogP contribution in [-0.2, 0) is 0 Å². The first kappa shape index (κ1) is 9.53. The van der Waals surface area contributed by atoms with Gasteiger partial charge in [0.2, 0.25) is 5.91 Å². The topological polar surface area (TPSA) is 86.2 Å². The molecule has 0 bridgehead atoms. The Morgan fingerprint density at radius 3 is 2.31 bits per heavy atom. The third kappa shape index (κ3) is 2.75. The van der Waals surface area contributed by atoms with Gasteiger partial charge in [0, 0.05) is 5.56 Å². The molecule has 0 saturated heterocycles. The fourth-order valence-electron chi connectivity index (χ4n) is 0.766. The number of amides is 1. The van der Waals surface area contributed by atoms with E-state index in [1.54, 1.807) is 0 Å². The third-order valence-corrected chi connectivity index (χ3v) is 1.95. The number of hydrogen-bond donors (Lipinski definition) is 1. The van der Waals surface area contributed by atoms with Crippen LogP contribution in [0.3, 0.4) is 0 Å². The molecule has 1 amide bonds. The zero-order chi connectivity index (χ0) is 9.84. The third-order valence-electron chi connectivity index (χ3n) is 1.32. The van der Waals surface area contributed by atoms with Crippen molar-refractivity contribution in [3.63, 3.8) is 0 Å². The predicted molar refractivity (Wildman–Crippen MR) is 47.8 cm³/mol. The molecule has 0 radical (unpaired) electrons. The van der Waals surface area contributed by atoms with Gasteiger partial charge in [0.05, 0.1) is 4.90 Å². The lowest BCUT2D eigenvalue weighted by Crippen LogP contribution is -2.10. The molecule has 0 aliphatic rings. The van der Waals surface area contributed by atoms with Crippen LogP contribution in [0.4, 0.5) is 0 Å². The summed E-state index contributed by atoms with van der Waals surface area (Å²) >= 11 is 0.489. The SMILES string of the molecule is NC(=O)c1ccc(S[N+](=O)[O-])cc1. The van der Waals surface area contributed by atoms with Crippen LogP contribution in [0, 0.1) is 10.1 Å². The number of rotatable bonds is 3. The van der Waals surface area contributed by atoms with Gasteiger partial charge >= 0.3 is 0 Å². The Labute approximate surface area is 78.2 Å². The summed E-state index contributed by atoms with van der Waals surface area (Å²) in [4.78, 5) is 21.1. The molecule has 0 unspecified atom stereocenters. The summed E-state index contributed by atoms with van der Waals surface area (Å²) in [5.41, 5.74) is 5.33. The molecule has 1 aromatic carbocycles. The van der Waals surface area contributed by atoms with Crippen molar-refractivity contribution in [1.29, 1.82) is 0 Å². The van der Waals surface area contributed by atoms with Gasteiger partial charge in [-0.2, -0.15) is 0 Å². The minimum Gasteiger partial charge on any atom is -0.366 e. The average Bonchev–Trinajstić information content (AvgIpc) is 2.04. The van der Waals surface area contributed by atoms with Crippen molar-refractivity contribution in [2.75, 3.05) is 0 Å². The molecule has 13 heavy (non-hydrogen) atoms. The van der Waals surface area contributed by atoms with Gasteiger partial charge in [-0.15, -0.1) is 0 Å². The Balaban J connectivity index is 2.81. The van der Waals surface area contributed by atoms with Gasteiger partial charge in [0.15, 0.2) is 0 Å². The molecule has 1 aromatic rings. The summed E-state index contributed by atoms with van der Waals surface area (Å²) in [7, 11) is 0. The molecule has 5 nitrogen and oxygen atoms in total. The molecule has 0 spiro atoms. The minimum absolute atomic E-state index is 0.340. The highest BCUT2D eigenvalue weighted by molar-refractivity contribution is 7.93. The first-order valence-corrected chi connectivity index (χ1v) is 4.09. The lowest BCUT2D eigenvalue weighted by Gasteiger charge is -1.94. The van der Waals surface area contributed by atoms with E-state index >= 15 is 0 Å². The van der Waals surface area contributed by atoms with E-state index in [-0.39, 0.29) is 0 Å². The molecule has 2 N–H and O–H groups in total. The largest absolute Gasteiger partial charge is 0.366 e. The van der Waals surface area contributed by atoms with E-state index in [1.165, 1.54) is 24.3 Å². The van der Waals surface area contributed by atoms with Crippen molar-refractivity contribution < 1.29 is 9.12 Å². The van der Waals surface area contributed by atoms with E-state index < -0.39 is 10.2 Å². The van der Waals surface area contributed by atoms with E-state index in [0.717, 1.165) is 0 Å². The molecule has 0 atom stereocenters. The maximum Gasteiger partial charge on any atom is 0.265 e. The quantitative estimate of drug-likeness (QED) is 0.447. The molecular formula is C7H6N2O3S. The number of nitro groups is 1. The van der Waals surface area contributed by atoms with Gasteiger partial charge in [0.25, 0.3) is 11.9 Å². The molecule has 6 heteroatoms. The van der Waals surface area contributed by atoms with Crippen LogP contribution in [0.25, 0.3) is 0 Å². The van der Waals surface area contributed by atoms with Crippen LogP contribution in [-0.4, -0.2) is 10.2 Å². The van der Waals surface area contributed by atoms with Crippen LogP contribution in [0.1, 0.15) is 10.4 Å². The monoisotopic (exact) mass is 198 g/mol. The summed E-state index contributed by atoms with van der Waals surface area (Å²) in [6.45, 7) is 0. The van der Waals surface area contributed by atoms with Crippen molar-refractivity contribution >= 4 is 17.9 Å². The van der Waals surface area contributed by atoms with E-state index in [4.69, 9.17) is 5.73 Å². The summed E-state index contributed by atoms with van der Waals surface area (Å²) in [6.07, 6.45) is 0. The molecule has 0 heterocycles. The summed E-state index contributed by atoms with van der Waals surface area (Å²) in [5.74, 6) is -0.544. The highest BCUT2D eigenvalue weighted by atomic mass is 32.2. The second kappa shape index (κ2) is 3.90. The molecule has 0 aromatic heterocycles. The van der Waals surface area contributed by atoms with Gasteiger partial charge in [0.1, 0.15) is 4.33 Å². The highest BCUT2D eigenvalue weighted by Crippen LogP contribution is 2.17. The van der Waals surface area contributed by atoms with E-state index in [2.05, 4.69) is 0 Å². The van der Waals surface area contributed by atoms with Gasteiger partial charge < -0.3 is 5.73 Å². The maximum absolute atomic E-state index is 10.6. The van der Waals surface area contributed by atoms with E-state index in [1.807, 2.05) is 0 Å². The van der Waals surface area contributed by atoms with Crippen molar-refractivity contribution in [3.8, 4) is 0 Å². The standard InChI is InChI=1S/C7H6N2O3S/c8-7(10)5-1-3-6(4-2-5)13-9(11)12/h1-4H,(H2,8,10). The Morgan fingerprint density at radius 1 is 1.38 bits per heavy atom. The molecule has 0 aliphatic heterocycles. The normalized spacial score (nSPS) is 9.54. The van der Waals surface area contributed by atoms with E-state index in [9.17, 15) is 14.9 Å². The van der Waals surface area contributed by atoms with Gasteiger partial charge in [-0.25, -0.2) is 0 Å². The summed E-state index contributed by atoms with van der Waals surface area (Å²) in [6, 6.07) is 5.86. The van der Waals surface area contributed by atoms with Crippen molar-refractivity contribution in [3.05, 3.63) is 39.9 Å². The zero-order valence-corrected chi connectivity index (χ0v) is 7.28. The van der Waals surface area contributed by atoms with Gasteiger partial charge in [-0.05, 0) is 24.3 Å². The molecular weight excluding hydrogens is 192 g/mol. The lowest BCUT2D eigenvalue weighted by atomic mass is 10.2. The second-order valence-corrected chi connectivity index (χ2v) is 3.16. The molecule has 68 valence electrons. The van der Waals surface area contributed by atoms with Gasteiger partial charge in [-0.1, -0.05) is 0 Å². The lowest BCUT2D eigenvalue weighted by molar-refractivity contribution is -0.284. The Kier molecular flexibility index (Phi) is 2.86. The average molecular weight is 198 g/mol. The molecule has 0 fully saturated rings. The number of hydrogen-bond acceptors (Lipinski definition) is 4. The molecule has 0 aliphatic carbocycles. The number of primary amides is 1. The van der Waals surface area contributed by atoms with Crippen LogP contribution in [0.5, 0.6) is 0 Å². The van der Waals surface area contributed by atoms with Crippen LogP contribution < -0.4 is 5.73 Å². The minimum atomic E-state index is -0.544. The molecule has 0 saturated carbocycles. The Morgan fingerprint density at radius 2 is 1.92 bits per heavy atom. The van der Waals surface area contributed by atoms with Crippen molar-refractivity contribution in [2.24, 2.45) is 5.73 Å². The van der Waals surface area contributed by atoms with Crippen LogP contribution >= 0.6 is 11.9 Å². The number of nitrogens with two attached hydrogens (primary N) is 1.